The number of ether oxygens (including phenoxy) is 1. The molecule has 0 spiro atoms. The average molecular weight is 276 g/mol. The molecule has 0 aromatic rings. The number of sulfonamides is 1. The van der Waals surface area contributed by atoms with Crippen LogP contribution in [-0.2, 0) is 19.6 Å². The SMILES string of the molecule is O=C(NCCN1CCCCS1(=O)=O)C1CCCO1. The van der Waals surface area contributed by atoms with Gasteiger partial charge in [0.2, 0.25) is 15.9 Å². The van der Waals surface area contributed by atoms with Gasteiger partial charge in [0.15, 0.2) is 0 Å². The van der Waals surface area contributed by atoms with E-state index in [4.69, 9.17) is 4.74 Å². The standard InChI is InChI=1S/C11H20N2O4S/c14-11(10-4-3-8-17-10)12-5-7-13-6-1-2-9-18(13,15)16/h10H,1-9H2,(H,12,14). The highest BCUT2D eigenvalue weighted by atomic mass is 32.2. The zero-order chi connectivity index (χ0) is 13.0. The Hall–Kier alpha value is -0.660. The highest BCUT2D eigenvalue weighted by Gasteiger charge is 2.26. The van der Waals surface area contributed by atoms with Crippen LogP contribution in [0.3, 0.4) is 0 Å². The summed E-state index contributed by atoms with van der Waals surface area (Å²) in [5.41, 5.74) is 0. The predicted molar refractivity (Wildman–Crippen MR) is 66.6 cm³/mol. The first-order chi connectivity index (χ1) is 8.59. The highest BCUT2D eigenvalue weighted by Crippen LogP contribution is 2.13. The Morgan fingerprint density at radius 2 is 2.17 bits per heavy atom. The number of hydrogen-bond donors (Lipinski definition) is 1. The molecule has 2 rings (SSSR count). The van der Waals surface area contributed by atoms with Gasteiger partial charge in [0.1, 0.15) is 6.10 Å². The molecule has 104 valence electrons. The zero-order valence-electron chi connectivity index (χ0n) is 10.4. The largest absolute Gasteiger partial charge is 0.368 e. The lowest BCUT2D eigenvalue weighted by Gasteiger charge is -2.26. The van der Waals surface area contributed by atoms with Crippen molar-refractivity contribution in [3.05, 3.63) is 0 Å². The third-order valence-electron chi connectivity index (χ3n) is 3.34. The molecule has 6 nitrogen and oxygen atoms in total. The Bertz CT molecular complexity index is 390. The van der Waals surface area contributed by atoms with Gasteiger partial charge < -0.3 is 10.1 Å². The van der Waals surface area contributed by atoms with Crippen molar-refractivity contribution in [2.75, 3.05) is 32.0 Å². The fourth-order valence-corrected chi connectivity index (χ4v) is 3.90. The molecule has 0 saturated carbocycles. The number of carbonyl (C=O) groups is 1. The van der Waals surface area contributed by atoms with Crippen LogP contribution in [0.2, 0.25) is 0 Å². The second-order valence-corrected chi connectivity index (χ2v) is 6.80. The minimum atomic E-state index is -3.09. The molecule has 2 heterocycles. The minimum absolute atomic E-state index is 0.123. The predicted octanol–water partition coefficient (Wildman–Crippen LogP) is -0.293. The molecule has 18 heavy (non-hydrogen) atoms. The summed E-state index contributed by atoms with van der Waals surface area (Å²) >= 11 is 0. The van der Waals surface area contributed by atoms with Crippen molar-refractivity contribution in [1.82, 2.24) is 9.62 Å². The van der Waals surface area contributed by atoms with Crippen LogP contribution in [-0.4, -0.2) is 56.7 Å². The Labute approximate surface area is 108 Å². The second-order valence-electron chi connectivity index (χ2n) is 4.71. The van der Waals surface area contributed by atoms with Crippen LogP contribution in [0.1, 0.15) is 25.7 Å². The molecule has 1 unspecified atom stereocenters. The molecule has 7 heteroatoms. The van der Waals surface area contributed by atoms with Gasteiger partial charge in [-0.1, -0.05) is 0 Å². The summed E-state index contributed by atoms with van der Waals surface area (Å²) in [5.74, 6) is 0.106. The van der Waals surface area contributed by atoms with Crippen molar-refractivity contribution in [3.63, 3.8) is 0 Å². The van der Waals surface area contributed by atoms with Gasteiger partial charge in [-0.3, -0.25) is 4.79 Å². The molecule has 2 saturated heterocycles. The summed E-state index contributed by atoms with van der Waals surface area (Å²) in [5, 5.41) is 2.74. The van der Waals surface area contributed by atoms with E-state index >= 15 is 0 Å². The summed E-state index contributed by atoms with van der Waals surface area (Å²) in [4.78, 5) is 11.6. The molecule has 2 aliphatic rings. The molecule has 1 amide bonds. The van der Waals surface area contributed by atoms with E-state index in [1.54, 1.807) is 0 Å². The van der Waals surface area contributed by atoms with Gasteiger partial charge in [-0.25, -0.2) is 12.7 Å². The summed E-state index contributed by atoms with van der Waals surface area (Å²) < 4.78 is 30.1. The van der Waals surface area contributed by atoms with Crippen molar-refractivity contribution >= 4 is 15.9 Å². The summed E-state index contributed by atoms with van der Waals surface area (Å²) in [6, 6.07) is 0. The molecule has 0 aromatic carbocycles. The topological polar surface area (TPSA) is 75.7 Å². The minimum Gasteiger partial charge on any atom is -0.368 e. The normalized spacial score (nSPS) is 28.1. The zero-order valence-corrected chi connectivity index (χ0v) is 11.2. The summed E-state index contributed by atoms with van der Waals surface area (Å²) in [6.07, 6.45) is 2.97. The van der Waals surface area contributed by atoms with E-state index < -0.39 is 10.0 Å². The van der Waals surface area contributed by atoms with Crippen molar-refractivity contribution < 1.29 is 17.9 Å². The lowest BCUT2D eigenvalue weighted by molar-refractivity contribution is -0.130. The van der Waals surface area contributed by atoms with Gasteiger partial charge >= 0.3 is 0 Å². The first-order valence-electron chi connectivity index (χ1n) is 6.47. The number of rotatable bonds is 4. The van der Waals surface area contributed by atoms with Crippen LogP contribution in [0, 0.1) is 0 Å². The highest BCUT2D eigenvalue weighted by molar-refractivity contribution is 7.89. The van der Waals surface area contributed by atoms with Gasteiger partial charge in [-0.05, 0) is 25.7 Å². The lowest BCUT2D eigenvalue weighted by atomic mass is 10.2. The van der Waals surface area contributed by atoms with E-state index in [2.05, 4.69) is 5.32 Å². The van der Waals surface area contributed by atoms with Crippen molar-refractivity contribution in [3.8, 4) is 0 Å². The van der Waals surface area contributed by atoms with Crippen LogP contribution >= 0.6 is 0 Å². The van der Waals surface area contributed by atoms with Gasteiger partial charge in [0.05, 0.1) is 5.75 Å². The smallest absolute Gasteiger partial charge is 0.249 e. The second kappa shape index (κ2) is 5.99. The monoisotopic (exact) mass is 276 g/mol. The molecular weight excluding hydrogens is 256 g/mol. The molecule has 1 N–H and O–H groups in total. The van der Waals surface area contributed by atoms with Gasteiger partial charge in [0.25, 0.3) is 0 Å². The Morgan fingerprint density at radius 3 is 2.83 bits per heavy atom. The fourth-order valence-electron chi connectivity index (χ4n) is 2.29. The fraction of sp³-hybridized carbons (Fsp3) is 0.909. The number of nitrogens with zero attached hydrogens (tertiary/aromatic N) is 1. The number of carbonyl (C=O) groups excluding carboxylic acids is 1. The third kappa shape index (κ3) is 3.43. The Balaban J connectivity index is 1.72. The third-order valence-corrected chi connectivity index (χ3v) is 5.29. The van der Waals surface area contributed by atoms with Crippen molar-refractivity contribution in [1.29, 1.82) is 0 Å². The van der Waals surface area contributed by atoms with Gasteiger partial charge in [-0.15, -0.1) is 0 Å². The molecule has 2 aliphatic heterocycles. The maximum absolute atomic E-state index is 11.7. The van der Waals surface area contributed by atoms with Crippen LogP contribution < -0.4 is 5.32 Å². The van der Waals surface area contributed by atoms with E-state index in [-0.39, 0.29) is 17.8 Å². The van der Waals surface area contributed by atoms with E-state index in [1.165, 1.54) is 4.31 Å². The van der Waals surface area contributed by atoms with Crippen LogP contribution in [0.5, 0.6) is 0 Å². The van der Waals surface area contributed by atoms with Crippen molar-refractivity contribution in [2.24, 2.45) is 0 Å². The molecule has 2 fully saturated rings. The van der Waals surface area contributed by atoms with E-state index in [1.807, 2.05) is 0 Å². The molecule has 0 bridgehead atoms. The Morgan fingerprint density at radius 1 is 1.33 bits per heavy atom. The van der Waals surface area contributed by atoms with E-state index in [9.17, 15) is 13.2 Å². The lowest BCUT2D eigenvalue weighted by Crippen LogP contribution is -2.44. The van der Waals surface area contributed by atoms with Crippen LogP contribution in [0.15, 0.2) is 0 Å². The van der Waals surface area contributed by atoms with Gasteiger partial charge in [-0.2, -0.15) is 0 Å². The first kappa shape index (κ1) is 13.8. The quantitative estimate of drug-likeness (QED) is 0.765. The maximum atomic E-state index is 11.7. The molecule has 0 radical (unpaired) electrons. The molecule has 0 aliphatic carbocycles. The molecule has 0 aromatic heterocycles. The Kier molecular flexibility index (Phi) is 4.58. The van der Waals surface area contributed by atoms with Gasteiger partial charge in [0, 0.05) is 26.2 Å². The van der Waals surface area contributed by atoms with Crippen LogP contribution in [0.4, 0.5) is 0 Å². The number of hydrogen-bond acceptors (Lipinski definition) is 4. The summed E-state index contributed by atoms with van der Waals surface area (Å²) in [6.45, 7) is 1.93. The van der Waals surface area contributed by atoms with E-state index in [0.717, 1.165) is 25.7 Å². The first-order valence-corrected chi connectivity index (χ1v) is 8.08. The van der Waals surface area contributed by atoms with Crippen molar-refractivity contribution in [2.45, 2.75) is 31.8 Å². The van der Waals surface area contributed by atoms with Crippen LogP contribution in [0.25, 0.3) is 0 Å². The average Bonchev–Trinajstić information content (AvgIpc) is 2.84. The van der Waals surface area contributed by atoms with E-state index in [0.29, 0.717) is 26.2 Å². The molecular formula is C11H20N2O4S. The number of amides is 1. The maximum Gasteiger partial charge on any atom is 0.249 e. The molecule has 1 atom stereocenters. The number of nitrogens with one attached hydrogen (secondary N) is 1. The summed E-state index contributed by atoms with van der Waals surface area (Å²) in [7, 11) is -3.09.